The first-order valence-corrected chi connectivity index (χ1v) is 9.30. The van der Waals surface area contributed by atoms with Gasteiger partial charge in [0.05, 0.1) is 35.7 Å². The van der Waals surface area contributed by atoms with Gasteiger partial charge in [-0.15, -0.1) is 0 Å². The highest BCUT2D eigenvalue weighted by Gasteiger charge is 2.32. The van der Waals surface area contributed by atoms with E-state index in [4.69, 9.17) is 14.7 Å². The number of rotatable bonds is 5. The summed E-state index contributed by atoms with van der Waals surface area (Å²) in [5, 5.41) is 11.7. The van der Waals surface area contributed by atoms with Gasteiger partial charge in [0.25, 0.3) is 5.91 Å². The summed E-state index contributed by atoms with van der Waals surface area (Å²) in [6.07, 6.45) is -5.58. The third kappa shape index (κ3) is 5.02. The Bertz CT molecular complexity index is 950. The molecule has 9 heteroatoms. The van der Waals surface area contributed by atoms with Crippen molar-refractivity contribution in [3.05, 3.63) is 53.6 Å². The Morgan fingerprint density at radius 2 is 1.93 bits per heavy atom. The Kier molecular flexibility index (Phi) is 6.47. The molecule has 3 rings (SSSR count). The van der Waals surface area contributed by atoms with Gasteiger partial charge in [-0.2, -0.15) is 18.4 Å². The van der Waals surface area contributed by atoms with Crippen LogP contribution in [-0.2, 0) is 15.7 Å². The Labute approximate surface area is 171 Å². The van der Waals surface area contributed by atoms with Gasteiger partial charge in [-0.05, 0) is 37.3 Å². The number of hydrogen-bond acceptors (Lipinski definition) is 5. The summed E-state index contributed by atoms with van der Waals surface area (Å²) in [7, 11) is 0. The fraction of sp³-hybridized carbons (Fsp3) is 0.333. The van der Waals surface area contributed by atoms with Crippen molar-refractivity contribution < 1.29 is 27.4 Å². The van der Waals surface area contributed by atoms with Crippen molar-refractivity contribution in [2.24, 2.45) is 0 Å². The van der Waals surface area contributed by atoms with Gasteiger partial charge in [-0.1, -0.05) is 12.1 Å². The number of alkyl halides is 3. The third-order valence-corrected chi connectivity index (χ3v) is 4.61. The van der Waals surface area contributed by atoms with Crippen molar-refractivity contribution in [2.75, 3.05) is 36.5 Å². The SMILES string of the molecule is CC(Oc1ccccc1C#N)C(=O)Nc1cc(C(F)(F)F)ccc1N1CCOCC1. The Balaban J connectivity index is 1.83. The zero-order valence-electron chi connectivity index (χ0n) is 16.2. The molecule has 1 saturated heterocycles. The van der Waals surface area contributed by atoms with E-state index in [-0.39, 0.29) is 17.0 Å². The predicted octanol–water partition coefficient (Wildman–Crippen LogP) is 3.82. The highest BCUT2D eigenvalue weighted by atomic mass is 19.4. The molecule has 1 heterocycles. The summed E-state index contributed by atoms with van der Waals surface area (Å²) in [5.74, 6) is -0.406. The zero-order valence-corrected chi connectivity index (χ0v) is 16.2. The standard InChI is InChI=1S/C21H20F3N3O3/c1-14(30-19-5-3-2-4-15(19)13-25)20(28)26-17-12-16(21(22,23)24)6-7-18(17)27-8-10-29-11-9-27/h2-7,12,14H,8-11H2,1H3,(H,26,28). The van der Waals surface area contributed by atoms with Crippen LogP contribution in [0, 0.1) is 11.3 Å². The van der Waals surface area contributed by atoms with Crippen LogP contribution in [0.3, 0.4) is 0 Å². The average Bonchev–Trinajstić information content (AvgIpc) is 2.74. The maximum Gasteiger partial charge on any atom is 0.416 e. The molecule has 1 unspecified atom stereocenters. The zero-order chi connectivity index (χ0) is 21.7. The Morgan fingerprint density at radius 3 is 2.60 bits per heavy atom. The molecule has 0 aromatic heterocycles. The van der Waals surface area contributed by atoms with Crippen molar-refractivity contribution >= 4 is 17.3 Å². The molecule has 158 valence electrons. The first-order valence-electron chi connectivity index (χ1n) is 9.30. The maximum atomic E-state index is 13.2. The number of nitrogens with zero attached hydrogens (tertiary/aromatic N) is 2. The summed E-state index contributed by atoms with van der Waals surface area (Å²) < 4.78 is 50.5. The van der Waals surface area contributed by atoms with Gasteiger partial charge >= 0.3 is 6.18 Å². The first kappa shape index (κ1) is 21.5. The smallest absolute Gasteiger partial charge is 0.416 e. The van der Waals surface area contributed by atoms with Crippen LogP contribution < -0.4 is 15.0 Å². The number of benzene rings is 2. The number of para-hydroxylation sites is 1. The fourth-order valence-corrected chi connectivity index (χ4v) is 3.03. The number of morpholine rings is 1. The van der Waals surface area contributed by atoms with E-state index >= 15 is 0 Å². The quantitative estimate of drug-likeness (QED) is 0.798. The van der Waals surface area contributed by atoms with Crippen molar-refractivity contribution in [1.29, 1.82) is 5.26 Å². The number of amides is 1. The van der Waals surface area contributed by atoms with Gasteiger partial charge in [-0.25, -0.2) is 0 Å². The molecular weight excluding hydrogens is 399 g/mol. The van der Waals surface area contributed by atoms with Crippen LogP contribution in [0.5, 0.6) is 5.75 Å². The monoisotopic (exact) mass is 419 g/mol. The molecule has 2 aromatic carbocycles. The van der Waals surface area contributed by atoms with Crippen molar-refractivity contribution in [3.8, 4) is 11.8 Å². The van der Waals surface area contributed by atoms with E-state index in [0.29, 0.717) is 32.0 Å². The second-order valence-corrected chi connectivity index (χ2v) is 6.69. The molecule has 1 fully saturated rings. The molecule has 0 radical (unpaired) electrons. The molecule has 0 saturated carbocycles. The van der Waals surface area contributed by atoms with E-state index < -0.39 is 23.8 Å². The summed E-state index contributed by atoms with van der Waals surface area (Å²) >= 11 is 0. The molecule has 0 bridgehead atoms. The fourth-order valence-electron chi connectivity index (χ4n) is 3.03. The molecular formula is C21H20F3N3O3. The number of hydrogen-bond donors (Lipinski definition) is 1. The molecule has 1 aliphatic heterocycles. The normalized spacial score (nSPS) is 15.2. The first-order chi connectivity index (χ1) is 14.3. The van der Waals surface area contributed by atoms with Crippen LogP contribution in [0.2, 0.25) is 0 Å². The van der Waals surface area contributed by atoms with E-state index in [1.165, 1.54) is 13.0 Å². The molecule has 1 N–H and O–H groups in total. The van der Waals surface area contributed by atoms with E-state index in [2.05, 4.69) is 5.32 Å². The largest absolute Gasteiger partial charge is 0.480 e. The molecule has 0 spiro atoms. The molecule has 30 heavy (non-hydrogen) atoms. The maximum absolute atomic E-state index is 13.2. The lowest BCUT2D eigenvalue weighted by atomic mass is 10.1. The van der Waals surface area contributed by atoms with Crippen LogP contribution >= 0.6 is 0 Å². The Hall–Kier alpha value is -3.25. The van der Waals surface area contributed by atoms with Crippen molar-refractivity contribution in [2.45, 2.75) is 19.2 Å². The molecule has 2 aromatic rings. The van der Waals surface area contributed by atoms with Gasteiger partial charge in [0, 0.05) is 13.1 Å². The van der Waals surface area contributed by atoms with Gasteiger partial charge in [0.15, 0.2) is 6.10 Å². The van der Waals surface area contributed by atoms with Gasteiger partial charge < -0.3 is 19.7 Å². The second kappa shape index (κ2) is 9.05. The lowest BCUT2D eigenvalue weighted by Gasteiger charge is -2.31. The lowest BCUT2D eigenvalue weighted by molar-refractivity contribution is -0.137. The highest BCUT2D eigenvalue weighted by molar-refractivity contribution is 5.97. The van der Waals surface area contributed by atoms with E-state index in [1.54, 1.807) is 24.3 Å². The van der Waals surface area contributed by atoms with Crippen LogP contribution in [0.4, 0.5) is 24.5 Å². The number of ether oxygens (including phenoxy) is 2. The third-order valence-electron chi connectivity index (χ3n) is 4.61. The van der Waals surface area contributed by atoms with Crippen LogP contribution in [0.15, 0.2) is 42.5 Å². The molecule has 6 nitrogen and oxygen atoms in total. The number of nitriles is 1. The summed E-state index contributed by atoms with van der Waals surface area (Å²) in [6.45, 7) is 3.34. The van der Waals surface area contributed by atoms with Crippen molar-refractivity contribution in [1.82, 2.24) is 0 Å². The van der Waals surface area contributed by atoms with Crippen LogP contribution in [0.1, 0.15) is 18.1 Å². The molecule has 1 amide bonds. The second-order valence-electron chi connectivity index (χ2n) is 6.69. The van der Waals surface area contributed by atoms with Gasteiger partial charge in [-0.3, -0.25) is 4.79 Å². The summed E-state index contributed by atoms with van der Waals surface area (Å²) in [4.78, 5) is 14.5. The minimum atomic E-state index is -4.54. The summed E-state index contributed by atoms with van der Waals surface area (Å²) in [6, 6.07) is 11.6. The molecule has 1 atom stereocenters. The lowest BCUT2D eigenvalue weighted by Crippen LogP contribution is -2.37. The number of nitrogens with one attached hydrogen (secondary N) is 1. The summed E-state index contributed by atoms with van der Waals surface area (Å²) in [5.41, 5.74) is -0.0894. The average molecular weight is 419 g/mol. The molecule has 1 aliphatic rings. The number of anilines is 2. The van der Waals surface area contributed by atoms with Gasteiger partial charge in [0.1, 0.15) is 11.8 Å². The van der Waals surface area contributed by atoms with E-state index in [9.17, 15) is 18.0 Å². The minimum absolute atomic E-state index is 0.0424. The van der Waals surface area contributed by atoms with E-state index in [0.717, 1.165) is 12.1 Å². The van der Waals surface area contributed by atoms with Gasteiger partial charge in [0.2, 0.25) is 0 Å². The highest BCUT2D eigenvalue weighted by Crippen LogP contribution is 2.36. The number of carbonyl (C=O) groups is 1. The molecule has 0 aliphatic carbocycles. The van der Waals surface area contributed by atoms with Crippen molar-refractivity contribution in [3.63, 3.8) is 0 Å². The van der Waals surface area contributed by atoms with Crippen LogP contribution in [-0.4, -0.2) is 38.3 Å². The predicted molar refractivity (Wildman–Crippen MR) is 104 cm³/mol. The Morgan fingerprint density at radius 1 is 1.23 bits per heavy atom. The van der Waals surface area contributed by atoms with Crippen LogP contribution in [0.25, 0.3) is 0 Å². The number of halogens is 3. The number of carbonyl (C=O) groups excluding carboxylic acids is 1. The topological polar surface area (TPSA) is 74.6 Å². The minimum Gasteiger partial charge on any atom is -0.480 e. The van der Waals surface area contributed by atoms with E-state index in [1.807, 2.05) is 11.0 Å².